The highest BCUT2D eigenvalue weighted by Crippen LogP contribution is 2.21. The molecule has 1 unspecified atom stereocenters. The van der Waals surface area contributed by atoms with Crippen molar-refractivity contribution < 1.29 is 9.59 Å². The smallest absolute Gasteiger partial charge is 0.253 e. The topological polar surface area (TPSA) is 94.2 Å². The maximum atomic E-state index is 12.8. The van der Waals surface area contributed by atoms with Crippen molar-refractivity contribution in [3.8, 4) is 0 Å². The molecule has 0 saturated carbocycles. The molecule has 1 atom stereocenters. The monoisotopic (exact) mass is 396 g/mol. The third kappa shape index (κ3) is 4.58. The van der Waals surface area contributed by atoms with Gasteiger partial charge in [-0.3, -0.25) is 14.9 Å². The van der Waals surface area contributed by atoms with E-state index in [1.54, 1.807) is 4.90 Å². The lowest BCUT2D eigenvalue weighted by molar-refractivity contribution is -0.121. The van der Waals surface area contributed by atoms with Crippen LogP contribution in [-0.4, -0.2) is 58.1 Å². The summed E-state index contributed by atoms with van der Waals surface area (Å²) in [5.74, 6) is 0.626. The molecule has 1 aromatic carbocycles. The van der Waals surface area contributed by atoms with E-state index in [-0.39, 0.29) is 17.7 Å². The molecule has 2 aliphatic heterocycles. The van der Waals surface area contributed by atoms with Crippen LogP contribution in [0.25, 0.3) is 0 Å². The first-order valence-electron chi connectivity index (χ1n) is 10.4. The van der Waals surface area contributed by atoms with Gasteiger partial charge in [-0.2, -0.15) is 4.98 Å². The van der Waals surface area contributed by atoms with Gasteiger partial charge < -0.3 is 9.80 Å². The Balaban J connectivity index is 1.35. The number of rotatable bonds is 4. The third-order valence-electron chi connectivity index (χ3n) is 5.73. The molecule has 2 amide bonds. The quantitative estimate of drug-likeness (QED) is 0.828. The van der Waals surface area contributed by atoms with Crippen LogP contribution in [0.5, 0.6) is 0 Å². The number of aromatic amines is 1. The number of carbonyl (C=O) groups excluding carboxylic acids is 2. The largest absolute Gasteiger partial charge is 0.340 e. The number of hydrogen-bond donors (Lipinski definition) is 2. The first kappa shape index (κ1) is 19.4. The van der Waals surface area contributed by atoms with Gasteiger partial charge in [-0.1, -0.05) is 17.7 Å². The lowest BCUT2D eigenvalue weighted by Gasteiger charge is -2.32. The zero-order valence-electron chi connectivity index (χ0n) is 16.9. The molecule has 8 nitrogen and oxygen atoms in total. The summed E-state index contributed by atoms with van der Waals surface area (Å²) in [7, 11) is 0. The molecule has 8 heteroatoms. The first-order valence-corrected chi connectivity index (χ1v) is 10.4. The second-order valence-corrected chi connectivity index (χ2v) is 7.98. The van der Waals surface area contributed by atoms with Gasteiger partial charge in [0, 0.05) is 31.7 Å². The van der Waals surface area contributed by atoms with Crippen molar-refractivity contribution in [1.29, 1.82) is 0 Å². The van der Waals surface area contributed by atoms with Gasteiger partial charge in [0.2, 0.25) is 17.8 Å². The molecule has 2 fully saturated rings. The second-order valence-electron chi connectivity index (χ2n) is 7.98. The SMILES string of the molecule is Cc1ccc(C(=O)N2CCCC(C(=O)Nc3nc(N4CCCCC4)n[nH]3)C2)cc1. The Morgan fingerprint density at radius 1 is 1.07 bits per heavy atom. The maximum Gasteiger partial charge on any atom is 0.253 e. The predicted molar refractivity (Wildman–Crippen MR) is 111 cm³/mol. The van der Waals surface area contributed by atoms with Crippen molar-refractivity contribution in [1.82, 2.24) is 20.1 Å². The lowest BCUT2D eigenvalue weighted by Crippen LogP contribution is -2.43. The average molecular weight is 396 g/mol. The Kier molecular flexibility index (Phi) is 5.78. The van der Waals surface area contributed by atoms with E-state index in [0.29, 0.717) is 30.5 Å². The van der Waals surface area contributed by atoms with Crippen LogP contribution in [0.3, 0.4) is 0 Å². The first-order chi connectivity index (χ1) is 14.1. The number of amides is 2. The summed E-state index contributed by atoms with van der Waals surface area (Å²) in [6.45, 7) is 4.99. The number of nitrogens with one attached hydrogen (secondary N) is 2. The Hall–Kier alpha value is -2.90. The van der Waals surface area contributed by atoms with E-state index in [0.717, 1.165) is 44.3 Å². The van der Waals surface area contributed by atoms with Crippen LogP contribution in [0.2, 0.25) is 0 Å². The fraction of sp³-hybridized carbons (Fsp3) is 0.524. The number of hydrogen-bond acceptors (Lipinski definition) is 5. The van der Waals surface area contributed by atoms with Crippen molar-refractivity contribution >= 4 is 23.7 Å². The second kappa shape index (κ2) is 8.63. The summed E-state index contributed by atoms with van der Waals surface area (Å²) in [6, 6.07) is 7.56. The van der Waals surface area contributed by atoms with Crippen molar-refractivity contribution in [3.05, 3.63) is 35.4 Å². The normalized spacial score (nSPS) is 19.8. The van der Waals surface area contributed by atoms with Crippen LogP contribution in [0.4, 0.5) is 11.9 Å². The van der Waals surface area contributed by atoms with Crippen LogP contribution < -0.4 is 10.2 Å². The molecule has 29 heavy (non-hydrogen) atoms. The van der Waals surface area contributed by atoms with Crippen LogP contribution in [-0.2, 0) is 4.79 Å². The van der Waals surface area contributed by atoms with Crippen molar-refractivity contribution in [2.24, 2.45) is 5.92 Å². The molecule has 2 N–H and O–H groups in total. The Morgan fingerprint density at radius 3 is 2.59 bits per heavy atom. The Bertz CT molecular complexity index is 856. The number of aromatic nitrogens is 3. The van der Waals surface area contributed by atoms with E-state index >= 15 is 0 Å². The van der Waals surface area contributed by atoms with Gasteiger partial charge >= 0.3 is 0 Å². The van der Waals surface area contributed by atoms with E-state index in [1.807, 2.05) is 31.2 Å². The third-order valence-corrected chi connectivity index (χ3v) is 5.73. The molecule has 3 heterocycles. The Morgan fingerprint density at radius 2 is 1.83 bits per heavy atom. The van der Waals surface area contributed by atoms with Gasteiger partial charge in [0.05, 0.1) is 5.92 Å². The van der Waals surface area contributed by atoms with Gasteiger partial charge in [0.1, 0.15) is 0 Å². The molecular formula is C21H28N6O2. The molecule has 2 saturated heterocycles. The summed E-state index contributed by atoms with van der Waals surface area (Å²) in [5.41, 5.74) is 1.78. The fourth-order valence-electron chi connectivity index (χ4n) is 4.02. The van der Waals surface area contributed by atoms with Crippen LogP contribution in [0.15, 0.2) is 24.3 Å². The lowest BCUT2D eigenvalue weighted by atomic mass is 9.96. The fourth-order valence-corrected chi connectivity index (χ4v) is 4.02. The minimum atomic E-state index is -0.248. The van der Waals surface area contributed by atoms with E-state index in [1.165, 1.54) is 6.42 Å². The summed E-state index contributed by atoms with van der Waals surface area (Å²) < 4.78 is 0. The molecule has 154 valence electrons. The number of H-pyrrole nitrogens is 1. The number of carbonyl (C=O) groups is 2. The number of aryl methyl sites for hydroxylation is 1. The average Bonchev–Trinajstić information content (AvgIpc) is 3.23. The predicted octanol–water partition coefficient (Wildman–Crippen LogP) is 2.59. The summed E-state index contributed by atoms with van der Waals surface area (Å²) in [4.78, 5) is 33.9. The highest BCUT2D eigenvalue weighted by atomic mass is 16.2. The standard InChI is InChI=1S/C21H28N6O2/c1-15-7-9-16(10-8-15)19(29)27-13-5-6-17(14-27)18(28)22-20-23-21(25-24-20)26-11-3-2-4-12-26/h7-10,17H,2-6,11-14H2,1H3,(H2,22,23,24,25,28). The molecule has 2 aliphatic rings. The molecule has 4 rings (SSSR count). The minimum absolute atomic E-state index is 0.0189. The summed E-state index contributed by atoms with van der Waals surface area (Å²) >= 11 is 0. The molecule has 1 aromatic heterocycles. The number of piperidine rings is 2. The van der Waals surface area contributed by atoms with E-state index in [2.05, 4.69) is 25.4 Å². The van der Waals surface area contributed by atoms with Gasteiger partial charge in [0.15, 0.2) is 0 Å². The Labute approximate surface area is 170 Å². The van der Waals surface area contributed by atoms with Crippen molar-refractivity contribution in [2.75, 3.05) is 36.4 Å². The number of nitrogens with zero attached hydrogens (tertiary/aromatic N) is 4. The van der Waals surface area contributed by atoms with Crippen molar-refractivity contribution in [3.63, 3.8) is 0 Å². The van der Waals surface area contributed by atoms with Gasteiger partial charge in [-0.05, 0) is 51.2 Å². The number of anilines is 2. The van der Waals surface area contributed by atoms with Crippen LogP contribution in [0.1, 0.15) is 48.0 Å². The van der Waals surface area contributed by atoms with E-state index < -0.39 is 0 Å². The highest BCUT2D eigenvalue weighted by molar-refractivity contribution is 5.96. The van der Waals surface area contributed by atoms with Crippen LogP contribution in [0, 0.1) is 12.8 Å². The van der Waals surface area contributed by atoms with Gasteiger partial charge in [-0.15, -0.1) is 5.10 Å². The summed E-state index contributed by atoms with van der Waals surface area (Å²) in [5, 5.41) is 9.91. The van der Waals surface area contributed by atoms with Gasteiger partial charge in [0.25, 0.3) is 5.91 Å². The molecule has 0 spiro atoms. The number of likely N-dealkylation sites (tertiary alicyclic amines) is 1. The van der Waals surface area contributed by atoms with Crippen molar-refractivity contribution in [2.45, 2.75) is 39.0 Å². The molecule has 0 bridgehead atoms. The van der Waals surface area contributed by atoms with Gasteiger partial charge in [-0.25, -0.2) is 5.10 Å². The molecule has 2 aromatic rings. The minimum Gasteiger partial charge on any atom is -0.340 e. The highest BCUT2D eigenvalue weighted by Gasteiger charge is 2.29. The maximum absolute atomic E-state index is 12.8. The zero-order chi connectivity index (χ0) is 20.2. The summed E-state index contributed by atoms with van der Waals surface area (Å²) in [6.07, 6.45) is 5.10. The molecule has 0 aliphatic carbocycles. The van der Waals surface area contributed by atoms with E-state index in [4.69, 9.17) is 0 Å². The number of benzene rings is 1. The van der Waals surface area contributed by atoms with E-state index in [9.17, 15) is 9.59 Å². The van der Waals surface area contributed by atoms with Crippen LogP contribution >= 0.6 is 0 Å². The molecular weight excluding hydrogens is 368 g/mol. The zero-order valence-corrected chi connectivity index (χ0v) is 16.9. The molecule has 0 radical (unpaired) electrons.